The zero-order valence-electron chi connectivity index (χ0n) is 10.1. The minimum Gasteiger partial charge on any atom is -0.468 e. The second kappa shape index (κ2) is 5.51. The van der Waals surface area contributed by atoms with Crippen LogP contribution in [0.3, 0.4) is 0 Å². The Hall–Kier alpha value is -0.800. The molecule has 1 fully saturated rings. The Morgan fingerprint density at radius 3 is 3.12 bits per heavy atom. The summed E-state index contributed by atoms with van der Waals surface area (Å²) in [5, 5.41) is 0. The second-order valence-corrected chi connectivity index (χ2v) is 4.60. The molecule has 0 bridgehead atoms. The lowest BCUT2D eigenvalue weighted by Crippen LogP contribution is -2.38. The van der Waals surface area contributed by atoms with E-state index >= 15 is 0 Å². The normalized spacial score (nSPS) is 22.5. The molecule has 3 heteroatoms. The third-order valence-corrected chi connectivity index (χ3v) is 3.62. The predicted octanol–water partition coefficient (Wildman–Crippen LogP) is 2.50. The zero-order chi connectivity index (χ0) is 11.4. The van der Waals surface area contributed by atoms with E-state index in [2.05, 4.69) is 11.8 Å². The molecule has 1 unspecified atom stereocenters. The summed E-state index contributed by atoms with van der Waals surface area (Å²) < 4.78 is 5.53. The molecule has 3 nitrogen and oxygen atoms in total. The summed E-state index contributed by atoms with van der Waals surface area (Å²) >= 11 is 0. The van der Waals surface area contributed by atoms with E-state index in [1.807, 2.05) is 6.07 Å². The van der Waals surface area contributed by atoms with Crippen molar-refractivity contribution in [3.05, 3.63) is 23.7 Å². The molecule has 1 aromatic rings. The van der Waals surface area contributed by atoms with E-state index in [0.717, 1.165) is 23.9 Å². The van der Waals surface area contributed by atoms with Gasteiger partial charge in [0.15, 0.2) is 0 Å². The van der Waals surface area contributed by atoms with E-state index in [1.54, 1.807) is 6.26 Å². The molecule has 2 rings (SSSR count). The standard InChI is InChI=1S/C13H22N2O/c1-2-12-5-3-4-7-15(12)10-13-11(9-14)6-8-16-13/h6,8,12H,2-5,7,9-10,14H2,1H3. The van der Waals surface area contributed by atoms with Gasteiger partial charge in [-0.3, -0.25) is 4.90 Å². The SMILES string of the molecule is CCC1CCCCN1Cc1occc1CN. The van der Waals surface area contributed by atoms with Gasteiger partial charge >= 0.3 is 0 Å². The van der Waals surface area contributed by atoms with E-state index in [1.165, 1.54) is 32.2 Å². The van der Waals surface area contributed by atoms with Crippen molar-refractivity contribution in [2.45, 2.75) is 51.7 Å². The van der Waals surface area contributed by atoms with Gasteiger partial charge in [0.1, 0.15) is 5.76 Å². The minimum absolute atomic E-state index is 0.580. The summed E-state index contributed by atoms with van der Waals surface area (Å²) in [4.78, 5) is 2.54. The van der Waals surface area contributed by atoms with Gasteiger partial charge in [0.25, 0.3) is 0 Å². The van der Waals surface area contributed by atoms with Gasteiger partial charge in [-0.15, -0.1) is 0 Å². The average molecular weight is 222 g/mol. The van der Waals surface area contributed by atoms with Crippen LogP contribution < -0.4 is 5.73 Å². The number of nitrogens with zero attached hydrogens (tertiary/aromatic N) is 1. The summed E-state index contributed by atoms with van der Waals surface area (Å²) in [6, 6.07) is 2.71. The lowest BCUT2D eigenvalue weighted by molar-refractivity contribution is 0.126. The van der Waals surface area contributed by atoms with Gasteiger partial charge in [-0.1, -0.05) is 13.3 Å². The number of piperidine rings is 1. The molecule has 0 aliphatic carbocycles. The van der Waals surface area contributed by atoms with Crippen molar-refractivity contribution in [2.24, 2.45) is 5.73 Å². The van der Waals surface area contributed by atoms with Gasteiger partial charge in [-0.2, -0.15) is 0 Å². The molecule has 0 aromatic carbocycles. The zero-order valence-corrected chi connectivity index (χ0v) is 10.1. The average Bonchev–Trinajstić information content (AvgIpc) is 2.77. The van der Waals surface area contributed by atoms with Crippen LogP contribution in [0.15, 0.2) is 16.7 Å². The van der Waals surface area contributed by atoms with Crippen LogP contribution in [0.4, 0.5) is 0 Å². The van der Waals surface area contributed by atoms with Crippen LogP contribution >= 0.6 is 0 Å². The van der Waals surface area contributed by atoms with Crippen molar-refractivity contribution in [2.75, 3.05) is 6.54 Å². The number of hydrogen-bond acceptors (Lipinski definition) is 3. The maximum Gasteiger partial charge on any atom is 0.122 e. The van der Waals surface area contributed by atoms with Crippen LogP contribution in [0, 0.1) is 0 Å². The quantitative estimate of drug-likeness (QED) is 0.851. The van der Waals surface area contributed by atoms with Gasteiger partial charge < -0.3 is 10.2 Å². The number of likely N-dealkylation sites (tertiary alicyclic amines) is 1. The molecule has 0 radical (unpaired) electrons. The number of furan rings is 1. The molecule has 1 atom stereocenters. The highest BCUT2D eigenvalue weighted by molar-refractivity contribution is 5.16. The second-order valence-electron chi connectivity index (χ2n) is 4.60. The van der Waals surface area contributed by atoms with Crippen LogP contribution in [0.1, 0.15) is 43.9 Å². The van der Waals surface area contributed by atoms with Crippen LogP contribution in [0.2, 0.25) is 0 Å². The monoisotopic (exact) mass is 222 g/mol. The maximum absolute atomic E-state index is 5.69. The number of hydrogen-bond donors (Lipinski definition) is 1. The van der Waals surface area contributed by atoms with Crippen molar-refractivity contribution in [1.82, 2.24) is 4.90 Å². The molecule has 90 valence electrons. The summed E-state index contributed by atoms with van der Waals surface area (Å²) in [6.45, 7) is 4.98. The first-order chi connectivity index (χ1) is 7.85. The fourth-order valence-corrected chi connectivity index (χ4v) is 2.60. The molecule has 1 aliphatic heterocycles. The van der Waals surface area contributed by atoms with Crippen LogP contribution in [-0.4, -0.2) is 17.5 Å². The Bertz CT molecular complexity index is 321. The highest BCUT2D eigenvalue weighted by atomic mass is 16.3. The van der Waals surface area contributed by atoms with Crippen molar-refractivity contribution in [3.8, 4) is 0 Å². The highest BCUT2D eigenvalue weighted by Gasteiger charge is 2.22. The summed E-state index contributed by atoms with van der Waals surface area (Å²) in [7, 11) is 0. The highest BCUT2D eigenvalue weighted by Crippen LogP contribution is 2.23. The fourth-order valence-electron chi connectivity index (χ4n) is 2.60. The molecule has 1 aromatic heterocycles. The fraction of sp³-hybridized carbons (Fsp3) is 0.692. The Labute approximate surface area is 97.6 Å². The van der Waals surface area contributed by atoms with Crippen LogP contribution in [0.25, 0.3) is 0 Å². The first-order valence-corrected chi connectivity index (χ1v) is 6.34. The number of nitrogens with two attached hydrogens (primary N) is 1. The molecular formula is C13H22N2O. The summed E-state index contributed by atoms with van der Waals surface area (Å²) in [6.07, 6.45) is 7.00. The van der Waals surface area contributed by atoms with E-state index < -0.39 is 0 Å². The molecule has 1 saturated heterocycles. The maximum atomic E-state index is 5.69. The van der Waals surface area contributed by atoms with Crippen molar-refractivity contribution >= 4 is 0 Å². The molecule has 0 saturated carbocycles. The van der Waals surface area contributed by atoms with Gasteiger partial charge in [0.05, 0.1) is 12.8 Å². The predicted molar refractivity (Wildman–Crippen MR) is 64.9 cm³/mol. The molecule has 0 spiro atoms. The lowest BCUT2D eigenvalue weighted by Gasteiger charge is -2.34. The summed E-state index contributed by atoms with van der Waals surface area (Å²) in [5.74, 6) is 1.06. The van der Waals surface area contributed by atoms with Crippen molar-refractivity contribution in [3.63, 3.8) is 0 Å². The van der Waals surface area contributed by atoms with Gasteiger partial charge in [-0.05, 0) is 31.9 Å². The van der Waals surface area contributed by atoms with Crippen LogP contribution in [-0.2, 0) is 13.1 Å². The Morgan fingerprint density at radius 1 is 1.50 bits per heavy atom. The third-order valence-electron chi connectivity index (χ3n) is 3.62. The molecular weight excluding hydrogens is 200 g/mol. The molecule has 0 amide bonds. The topological polar surface area (TPSA) is 42.4 Å². The Morgan fingerprint density at radius 2 is 2.38 bits per heavy atom. The molecule has 1 aliphatic rings. The van der Waals surface area contributed by atoms with E-state index in [4.69, 9.17) is 10.2 Å². The largest absolute Gasteiger partial charge is 0.468 e. The Balaban J connectivity index is 2.02. The van der Waals surface area contributed by atoms with Crippen LogP contribution in [0.5, 0.6) is 0 Å². The summed E-state index contributed by atoms with van der Waals surface area (Å²) in [5.41, 5.74) is 6.84. The third kappa shape index (κ3) is 2.47. The van der Waals surface area contributed by atoms with Gasteiger partial charge in [0, 0.05) is 18.2 Å². The van der Waals surface area contributed by atoms with Gasteiger partial charge in [0.2, 0.25) is 0 Å². The van der Waals surface area contributed by atoms with E-state index in [-0.39, 0.29) is 0 Å². The van der Waals surface area contributed by atoms with Crippen molar-refractivity contribution < 1.29 is 4.42 Å². The molecule has 2 N–H and O–H groups in total. The van der Waals surface area contributed by atoms with E-state index in [9.17, 15) is 0 Å². The number of rotatable bonds is 4. The van der Waals surface area contributed by atoms with Crippen molar-refractivity contribution in [1.29, 1.82) is 0 Å². The first kappa shape index (κ1) is 11.7. The first-order valence-electron chi connectivity index (χ1n) is 6.34. The van der Waals surface area contributed by atoms with Gasteiger partial charge in [-0.25, -0.2) is 0 Å². The minimum atomic E-state index is 0.580. The molecule has 2 heterocycles. The van der Waals surface area contributed by atoms with E-state index in [0.29, 0.717) is 6.54 Å². The molecule has 16 heavy (non-hydrogen) atoms. The Kier molecular flexibility index (Phi) is 4.02. The lowest BCUT2D eigenvalue weighted by atomic mass is 10.00. The smallest absolute Gasteiger partial charge is 0.122 e.